The van der Waals surface area contributed by atoms with E-state index in [9.17, 15) is 14.7 Å². The van der Waals surface area contributed by atoms with Crippen molar-refractivity contribution in [2.24, 2.45) is 17.3 Å². The van der Waals surface area contributed by atoms with Crippen LogP contribution in [0.2, 0.25) is 0 Å². The molecule has 3 amide bonds. The number of carbonyl (C=O) groups excluding carboxylic acids is 2. The van der Waals surface area contributed by atoms with Gasteiger partial charge in [0.25, 0.3) is 0 Å². The summed E-state index contributed by atoms with van der Waals surface area (Å²) >= 11 is 0. The summed E-state index contributed by atoms with van der Waals surface area (Å²) < 4.78 is 0. The molecule has 1 aromatic carbocycles. The van der Waals surface area contributed by atoms with Gasteiger partial charge in [-0.05, 0) is 67.6 Å². The van der Waals surface area contributed by atoms with Crippen molar-refractivity contribution >= 4 is 11.9 Å². The smallest absolute Gasteiger partial charge is 0.315 e. The summed E-state index contributed by atoms with van der Waals surface area (Å²) in [7, 11) is 0. The summed E-state index contributed by atoms with van der Waals surface area (Å²) in [5, 5.41) is 16.3. The summed E-state index contributed by atoms with van der Waals surface area (Å²) in [5.41, 5.74) is 0.233. The molecule has 1 saturated heterocycles. The molecule has 0 bridgehead atoms. The molecular formula is C28H45N3O3. The summed E-state index contributed by atoms with van der Waals surface area (Å²) in [6, 6.07) is 6.60. The maximum absolute atomic E-state index is 13.7. The van der Waals surface area contributed by atoms with E-state index in [0.717, 1.165) is 50.6 Å². The van der Waals surface area contributed by atoms with Crippen molar-refractivity contribution in [3.63, 3.8) is 0 Å². The van der Waals surface area contributed by atoms with Crippen LogP contribution in [0.3, 0.4) is 0 Å². The minimum Gasteiger partial charge on any atom is -0.508 e. The molecule has 3 N–H and O–H groups in total. The Balaban J connectivity index is 1.74. The molecule has 2 aliphatic rings. The molecule has 34 heavy (non-hydrogen) atoms. The van der Waals surface area contributed by atoms with E-state index < -0.39 is 11.5 Å². The van der Waals surface area contributed by atoms with Crippen LogP contribution >= 0.6 is 0 Å². The lowest BCUT2D eigenvalue weighted by molar-refractivity contribution is -0.136. The molecular weight excluding hydrogens is 426 g/mol. The number of nitrogens with one attached hydrogen (secondary N) is 2. The van der Waals surface area contributed by atoms with Crippen molar-refractivity contribution < 1.29 is 14.7 Å². The van der Waals surface area contributed by atoms with Crippen LogP contribution in [0.1, 0.15) is 85.6 Å². The Morgan fingerprint density at radius 3 is 2.41 bits per heavy atom. The van der Waals surface area contributed by atoms with Gasteiger partial charge in [-0.1, -0.05) is 66.0 Å². The van der Waals surface area contributed by atoms with E-state index in [1.807, 2.05) is 37.8 Å². The molecule has 1 aromatic rings. The number of aromatic hydroxyl groups is 1. The number of phenols is 1. The number of urea groups is 1. The monoisotopic (exact) mass is 471 g/mol. The topological polar surface area (TPSA) is 81.7 Å². The van der Waals surface area contributed by atoms with Crippen LogP contribution in [-0.2, 0) is 11.2 Å². The van der Waals surface area contributed by atoms with Gasteiger partial charge in [0.1, 0.15) is 11.8 Å². The third-order valence-corrected chi connectivity index (χ3v) is 7.86. The van der Waals surface area contributed by atoms with Crippen LogP contribution in [0.4, 0.5) is 4.79 Å². The van der Waals surface area contributed by atoms with Crippen molar-refractivity contribution in [3.05, 3.63) is 29.8 Å². The quantitative estimate of drug-likeness (QED) is 0.530. The van der Waals surface area contributed by atoms with Crippen LogP contribution in [0.15, 0.2) is 24.3 Å². The van der Waals surface area contributed by atoms with E-state index in [4.69, 9.17) is 0 Å². The highest BCUT2D eigenvalue weighted by Gasteiger charge is 2.42. The van der Waals surface area contributed by atoms with Gasteiger partial charge < -0.3 is 20.6 Å². The number of carbonyl (C=O) groups is 2. The summed E-state index contributed by atoms with van der Waals surface area (Å²) in [6.07, 6.45) is 6.75. The summed E-state index contributed by atoms with van der Waals surface area (Å²) in [6.45, 7) is 13.4. The molecule has 0 radical (unpaired) electrons. The Bertz CT molecular complexity index is 855. The summed E-state index contributed by atoms with van der Waals surface area (Å²) in [4.78, 5) is 29.0. The number of phenolic OH excluding ortho intramolecular Hbond substituents is 1. The zero-order chi connectivity index (χ0) is 25.1. The number of amides is 3. The Kier molecular flexibility index (Phi) is 8.20. The number of nitrogens with zero attached hydrogens (tertiary/aromatic N) is 1. The molecule has 0 spiro atoms. The van der Waals surface area contributed by atoms with Gasteiger partial charge in [-0.15, -0.1) is 0 Å². The van der Waals surface area contributed by atoms with E-state index >= 15 is 0 Å². The van der Waals surface area contributed by atoms with Crippen LogP contribution in [-0.4, -0.2) is 46.1 Å². The van der Waals surface area contributed by atoms with Gasteiger partial charge in [0.05, 0.1) is 0 Å². The lowest BCUT2D eigenvalue weighted by Crippen LogP contribution is -2.61. The van der Waals surface area contributed by atoms with Gasteiger partial charge in [-0.2, -0.15) is 0 Å². The van der Waals surface area contributed by atoms with Crippen molar-refractivity contribution in [1.29, 1.82) is 0 Å². The zero-order valence-electron chi connectivity index (χ0n) is 22.0. The predicted molar refractivity (Wildman–Crippen MR) is 137 cm³/mol. The van der Waals surface area contributed by atoms with Crippen LogP contribution < -0.4 is 10.6 Å². The number of hydrogen-bond donors (Lipinski definition) is 3. The average molecular weight is 472 g/mol. The van der Waals surface area contributed by atoms with Gasteiger partial charge in [-0.3, -0.25) is 4.79 Å². The third-order valence-electron chi connectivity index (χ3n) is 7.86. The molecule has 6 heteroatoms. The first-order valence-corrected chi connectivity index (χ1v) is 13.1. The van der Waals surface area contributed by atoms with Crippen molar-refractivity contribution in [2.45, 2.75) is 104 Å². The molecule has 1 heterocycles. The van der Waals surface area contributed by atoms with Gasteiger partial charge in [-0.25, -0.2) is 4.79 Å². The van der Waals surface area contributed by atoms with Gasteiger partial charge in [0, 0.05) is 18.1 Å². The maximum Gasteiger partial charge on any atom is 0.315 e. The van der Waals surface area contributed by atoms with Crippen molar-refractivity contribution in [2.75, 3.05) is 6.54 Å². The second-order valence-electron chi connectivity index (χ2n) is 12.2. The second kappa shape index (κ2) is 10.6. The van der Waals surface area contributed by atoms with Crippen LogP contribution in [0, 0.1) is 17.3 Å². The lowest BCUT2D eigenvalue weighted by atomic mass is 9.77. The van der Waals surface area contributed by atoms with Crippen molar-refractivity contribution in [3.8, 4) is 5.75 Å². The molecule has 3 atom stereocenters. The predicted octanol–water partition coefficient (Wildman–Crippen LogP) is 5.24. The molecule has 1 aliphatic heterocycles. The molecule has 3 rings (SSSR count). The van der Waals surface area contributed by atoms with Gasteiger partial charge >= 0.3 is 6.03 Å². The first-order chi connectivity index (χ1) is 15.9. The van der Waals surface area contributed by atoms with Crippen LogP contribution in [0.5, 0.6) is 5.75 Å². The summed E-state index contributed by atoms with van der Waals surface area (Å²) in [5.74, 6) is 1.30. The standard InChI is InChI=1S/C28H45N3O3/c1-19(2)22-15-20(3)31(18-22)25(33)24(27(4,5)6)29-26(34)30-28(13-8-7-9-14-28)17-21-11-10-12-23(32)16-21/h10-12,16,19-20,22,24,32H,7-9,13-15,17-18H2,1-6H3,(H2,29,30,34). The number of likely N-dealkylation sites (tertiary alicyclic amines) is 1. The fourth-order valence-corrected chi connectivity index (χ4v) is 5.72. The van der Waals surface area contributed by atoms with E-state index in [1.165, 1.54) is 0 Å². The normalized spacial score (nSPS) is 23.6. The van der Waals surface area contributed by atoms with Gasteiger partial charge in [0.2, 0.25) is 5.91 Å². The second-order valence-corrected chi connectivity index (χ2v) is 12.2. The van der Waals surface area contributed by atoms with Crippen LogP contribution in [0.25, 0.3) is 0 Å². The Morgan fingerprint density at radius 2 is 1.85 bits per heavy atom. The fourth-order valence-electron chi connectivity index (χ4n) is 5.72. The molecule has 1 aliphatic carbocycles. The zero-order valence-corrected chi connectivity index (χ0v) is 22.0. The number of benzene rings is 1. The Labute approximate surface area is 205 Å². The van der Waals surface area contributed by atoms with E-state index in [0.29, 0.717) is 18.3 Å². The highest BCUT2D eigenvalue weighted by Crippen LogP contribution is 2.33. The molecule has 6 nitrogen and oxygen atoms in total. The Hall–Kier alpha value is -2.24. The SMILES string of the molecule is CC(C)C1CC(C)N(C(=O)C(NC(=O)NC2(Cc3cccc(O)c3)CCCCC2)C(C)(C)C)C1. The third kappa shape index (κ3) is 6.45. The minimum atomic E-state index is -0.595. The highest BCUT2D eigenvalue weighted by atomic mass is 16.3. The highest BCUT2D eigenvalue weighted by molar-refractivity contribution is 5.88. The minimum absolute atomic E-state index is 0.0176. The Morgan fingerprint density at radius 1 is 1.18 bits per heavy atom. The van der Waals surface area contributed by atoms with E-state index in [1.54, 1.807) is 12.1 Å². The lowest BCUT2D eigenvalue weighted by Gasteiger charge is -2.40. The molecule has 2 fully saturated rings. The maximum atomic E-state index is 13.7. The average Bonchev–Trinajstić information content (AvgIpc) is 3.13. The van der Waals surface area contributed by atoms with Gasteiger partial charge in [0.15, 0.2) is 0 Å². The largest absolute Gasteiger partial charge is 0.508 e. The van der Waals surface area contributed by atoms with E-state index in [2.05, 4.69) is 31.4 Å². The molecule has 1 saturated carbocycles. The number of hydrogen-bond acceptors (Lipinski definition) is 3. The number of rotatable bonds is 6. The molecule has 0 aromatic heterocycles. The first-order valence-electron chi connectivity index (χ1n) is 13.1. The molecule has 3 unspecified atom stereocenters. The molecule has 190 valence electrons. The van der Waals surface area contributed by atoms with Crippen molar-refractivity contribution in [1.82, 2.24) is 15.5 Å². The fraction of sp³-hybridized carbons (Fsp3) is 0.714. The van der Waals surface area contributed by atoms with E-state index in [-0.39, 0.29) is 29.3 Å². The first kappa shape index (κ1) is 26.4.